The highest BCUT2D eigenvalue weighted by atomic mass is 32.1. The van der Waals surface area contributed by atoms with E-state index in [1.54, 1.807) is 11.3 Å². The molecule has 0 aliphatic carbocycles. The van der Waals surface area contributed by atoms with E-state index < -0.39 is 0 Å². The van der Waals surface area contributed by atoms with Gasteiger partial charge in [-0.1, -0.05) is 20.8 Å². The van der Waals surface area contributed by atoms with Gasteiger partial charge in [0.05, 0.1) is 17.3 Å². The molecule has 0 aliphatic rings. The molecule has 1 aromatic heterocycles. The lowest BCUT2D eigenvalue weighted by atomic mass is 9.93. The number of likely N-dealkylation sites (N-methyl/N-ethyl adjacent to an activating group) is 1. The van der Waals surface area contributed by atoms with Gasteiger partial charge in [-0.2, -0.15) is 0 Å². The SMILES string of the molecule is CCOCC(Cc1nc(C(C)(C)C)cs1)NC. The molecule has 0 radical (unpaired) electrons. The van der Waals surface area contributed by atoms with E-state index in [1.165, 1.54) is 10.7 Å². The zero-order valence-corrected chi connectivity index (χ0v) is 12.4. The minimum atomic E-state index is 0.143. The molecular formula is C13H24N2OS. The molecule has 1 atom stereocenters. The Kier molecular flexibility index (Phi) is 5.56. The van der Waals surface area contributed by atoms with Crippen molar-refractivity contribution < 1.29 is 4.74 Å². The van der Waals surface area contributed by atoms with Gasteiger partial charge in [0.2, 0.25) is 0 Å². The molecule has 1 unspecified atom stereocenters. The van der Waals surface area contributed by atoms with Gasteiger partial charge in [0.25, 0.3) is 0 Å². The van der Waals surface area contributed by atoms with Crippen LogP contribution in [0.4, 0.5) is 0 Å². The summed E-state index contributed by atoms with van der Waals surface area (Å²) in [4.78, 5) is 4.70. The van der Waals surface area contributed by atoms with Crippen LogP contribution in [0.5, 0.6) is 0 Å². The summed E-state index contributed by atoms with van der Waals surface area (Å²) in [7, 11) is 1.97. The average molecular weight is 256 g/mol. The number of nitrogens with one attached hydrogen (secondary N) is 1. The molecule has 4 heteroatoms. The third kappa shape index (κ3) is 4.74. The summed E-state index contributed by atoms with van der Waals surface area (Å²) in [5, 5.41) is 6.63. The number of aromatic nitrogens is 1. The molecule has 0 amide bonds. The molecule has 98 valence electrons. The lowest BCUT2D eigenvalue weighted by Crippen LogP contribution is -2.32. The van der Waals surface area contributed by atoms with Crippen LogP contribution < -0.4 is 5.32 Å². The zero-order valence-electron chi connectivity index (χ0n) is 11.5. The largest absolute Gasteiger partial charge is 0.380 e. The highest BCUT2D eigenvalue weighted by Crippen LogP contribution is 2.24. The number of thiazole rings is 1. The molecule has 0 bridgehead atoms. The Labute approximate surface area is 109 Å². The molecular weight excluding hydrogens is 232 g/mol. The van der Waals surface area contributed by atoms with Crippen molar-refractivity contribution in [3.05, 3.63) is 16.1 Å². The third-order valence-corrected chi connectivity index (χ3v) is 3.54. The fraction of sp³-hybridized carbons (Fsp3) is 0.769. The predicted octanol–water partition coefficient (Wildman–Crippen LogP) is 2.61. The maximum atomic E-state index is 5.45. The van der Waals surface area contributed by atoms with Crippen LogP contribution in [0.3, 0.4) is 0 Å². The third-order valence-electron chi connectivity index (χ3n) is 2.67. The van der Waals surface area contributed by atoms with Crippen LogP contribution in [0.25, 0.3) is 0 Å². The summed E-state index contributed by atoms with van der Waals surface area (Å²) < 4.78 is 5.45. The van der Waals surface area contributed by atoms with Gasteiger partial charge in [-0.3, -0.25) is 0 Å². The van der Waals surface area contributed by atoms with Crippen LogP contribution in [0.1, 0.15) is 38.4 Å². The van der Waals surface area contributed by atoms with Crippen LogP contribution >= 0.6 is 11.3 Å². The number of hydrogen-bond donors (Lipinski definition) is 1. The van der Waals surface area contributed by atoms with Gasteiger partial charge in [-0.15, -0.1) is 11.3 Å². The first-order valence-electron chi connectivity index (χ1n) is 6.17. The monoisotopic (exact) mass is 256 g/mol. The van der Waals surface area contributed by atoms with Gasteiger partial charge in [0.1, 0.15) is 0 Å². The normalized spacial score (nSPS) is 13.9. The Morgan fingerprint density at radius 3 is 2.65 bits per heavy atom. The molecule has 0 saturated heterocycles. The van der Waals surface area contributed by atoms with E-state index in [9.17, 15) is 0 Å². The Hall–Kier alpha value is -0.450. The molecule has 0 spiro atoms. The first-order valence-corrected chi connectivity index (χ1v) is 7.05. The van der Waals surface area contributed by atoms with Crippen molar-refractivity contribution in [1.29, 1.82) is 0 Å². The van der Waals surface area contributed by atoms with Crippen LogP contribution in [-0.4, -0.2) is 31.3 Å². The van der Waals surface area contributed by atoms with E-state index in [2.05, 4.69) is 31.5 Å². The highest BCUT2D eigenvalue weighted by molar-refractivity contribution is 7.09. The molecule has 0 saturated carbocycles. The Morgan fingerprint density at radius 2 is 2.18 bits per heavy atom. The summed E-state index contributed by atoms with van der Waals surface area (Å²) in [6.45, 7) is 10.1. The van der Waals surface area contributed by atoms with Gasteiger partial charge in [-0.05, 0) is 14.0 Å². The Balaban J connectivity index is 2.58. The van der Waals surface area contributed by atoms with Crippen LogP contribution in [0.15, 0.2) is 5.38 Å². The summed E-state index contributed by atoms with van der Waals surface area (Å²) in [5.41, 5.74) is 1.33. The first-order chi connectivity index (χ1) is 7.97. The summed E-state index contributed by atoms with van der Waals surface area (Å²) in [5.74, 6) is 0. The summed E-state index contributed by atoms with van der Waals surface area (Å²) >= 11 is 1.75. The second kappa shape index (κ2) is 6.47. The second-order valence-electron chi connectivity index (χ2n) is 5.23. The quantitative estimate of drug-likeness (QED) is 0.849. The molecule has 0 aliphatic heterocycles. The maximum absolute atomic E-state index is 5.45. The van der Waals surface area contributed by atoms with E-state index in [1.807, 2.05) is 14.0 Å². The lowest BCUT2D eigenvalue weighted by molar-refractivity contribution is 0.125. The van der Waals surface area contributed by atoms with Gasteiger partial charge < -0.3 is 10.1 Å². The molecule has 1 rings (SSSR count). The van der Waals surface area contributed by atoms with Crippen molar-refractivity contribution in [2.75, 3.05) is 20.3 Å². The van der Waals surface area contributed by atoms with Crippen molar-refractivity contribution in [2.45, 2.75) is 45.6 Å². The lowest BCUT2D eigenvalue weighted by Gasteiger charge is -2.15. The molecule has 1 heterocycles. The van der Waals surface area contributed by atoms with E-state index in [0.717, 1.165) is 19.6 Å². The average Bonchev–Trinajstić information content (AvgIpc) is 2.72. The van der Waals surface area contributed by atoms with E-state index in [4.69, 9.17) is 9.72 Å². The maximum Gasteiger partial charge on any atom is 0.0944 e. The topological polar surface area (TPSA) is 34.1 Å². The van der Waals surface area contributed by atoms with Gasteiger partial charge in [-0.25, -0.2) is 4.98 Å². The minimum absolute atomic E-state index is 0.143. The Bertz CT molecular complexity index is 330. The fourth-order valence-electron chi connectivity index (χ4n) is 1.46. The van der Waals surface area contributed by atoms with Crippen molar-refractivity contribution in [1.82, 2.24) is 10.3 Å². The van der Waals surface area contributed by atoms with E-state index in [-0.39, 0.29) is 5.41 Å². The van der Waals surface area contributed by atoms with Crippen molar-refractivity contribution >= 4 is 11.3 Å². The first kappa shape index (κ1) is 14.6. The fourth-order valence-corrected chi connectivity index (χ4v) is 2.57. The number of ether oxygens (including phenoxy) is 1. The minimum Gasteiger partial charge on any atom is -0.380 e. The Morgan fingerprint density at radius 1 is 1.47 bits per heavy atom. The highest BCUT2D eigenvalue weighted by Gasteiger charge is 2.18. The van der Waals surface area contributed by atoms with Crippen molar-refractivity contribution in [2.24, 2.45) is 0 Å². The number of nitrogens with zero attached hydrogens (tertiary/aromatic N) is 1. The smallest absolute Gasteiger partial charge is 0.0944 e. The summed E-state index contributed by atoms with van der Waals surface area (Å²) in [6, 6.07) is 0.355. The van der Waals surface area contributed by atoms with E-state index >= 15 is 0 Å². The molecule has 1 N–H and O–H groups in total. The molecule has 0 aromatic carbocycles. The molecule has 3 nitrogen and oxygen atoms in total. The standard InChI is InChI=1S/C13H24N2OS/c1-6-16-8-10(14-5)7-12-15-11(9-17-12)13(2,3)4/h9-10,14H,6-8H2,1-5H3. The second-order valence-corrected chi connectivity index (χ2v) is 6.17. The number of hydrogen-bond acceptors (Lipinski definition) is 4. The van der Waals surface area contributed by atoms with Crippen LogP contribution in [0.2, 0.25) is 0 Å². The molecule has 1 aromatic rings. The van der Waals surface area contributed by atoms with Gasteiger partial charge >= 0.3 is 0 Å². The molecule has 17 heavy (non-hydrogen) atoms. The van der Waals surface area contributed by atoms with Crippen molar-refractivity contribution in [3.8, 4) is 0 Å². The summed E-state index contributed by atoms with van der Waals surface area (Å²) in [6.07, 6.45) is 0.942. The van der Waals surface area contributed by atoms with Gasteiger partial charge in [0.15, 0.2) is 0 Å². The molecule has 0 fully saturated rings. The van der Waals surface area contributed by atoms with Crippen molar-refractivity contribution in [3.63, 3.8) is 0 Å². The van der Waals surface area contributed by atoms with Crippen LogP contribution in [-0.2, 0) is 16.6 Å². The van der Waals surface area contributed by atoms with E-state index in [0.29, 0.717) is 6.04 Å². The number of rotatable bonds is 6. The van der Waals surface area contributed by atoms with Gasteiger partial charge in [0, 0.05) is 29.9 Å². The van der Waals surface area contributed by atoms with Crippen LogP contribution in [0, 0.1) is 0 Å². The predicted molar refractivity (Wildman–Crippen MR) is 73.9 cm³/mol. The zero-order chi connectivity index (χ0) is 12.9.